The number of nitrogens with two attached hydrogens (primary N) is 4. The molecule has 0 bridgehead atoms. The van der Waals surface area contributed by atoms with Crippen LogP contribution in [-0.2, 0) is 23.8 Å². The molecule has 3 saturated heterocycles. The molecular formula is C23H47N7O11. The zero-order valence-corrected chi connectivity index (χ0v) is 23.0. The van der Waals surface area contributed by atoms with Gasteiger partial charge >= 0.3 is 0 Å². The minimum absolute atomic E-state index is 0.0635. The number of hydrogen-bond acceptors (Lipinski definition) is 17. The van der Waals surface area contributed by atoms with Gasteiger partial charge in [-0.3, -0.25) is 9.63 Å². The van der Waals surface area contributed by atoms with Crippen molar-refractivity contribution in [2.45, 2.75) is 111 Å². The summed E-state index contributed by atoms with van der Waals surface area (Å²) in [5.41, 5.74) is 23.9. The molecule has 0 aromatic carbocycles. The van der Waals surface area contributed by atoms with Crippen molar-refractivity contribution in [1.29, 1.82) is 0 Å². The minimum atomic E-state index is -1.50. The smallest absolute Gasteiger partial charge is 0.239 e. The molecule has 1 amide bonds. The van der Waals surface area contributed by atoms with E-state index in [1.54, 1.807) is 7.05 Å². The zero-order chi connectivity index (χ0) is 30.4. The van der Waals surface area contributed by atoms with Crippen LogP contribution in [0.5, 0.6) is 0 Å². The third-order valence-electron chi connectivity index (χ3n) is 7.71. The van der Waals surface area contributed by atoms with E-state index in [1.165, 1.54) is 0 Å². The summed E-state index contributed by atoms with van der Waals surface area (Å²) in [5.74, 6) is -0.675. The number of hydroxylamine groups is 2. The van der Waals surface area contributed by atoms with E-state index in [0.29, 0.717) is 0 Å². The Morgan fingerprint density at radius 3 is 2.29 bits per heavy atom. The van der Waals surface area contributed by atoms with E-state index in [1.807, 2.05) is 0 Å². The summed E-state index contributed by atoms with van der Waals surface area (Å²) in [4.78, 5) is 18.2. The summed E-state index contributed by atoms with van der Waals surface area (Å²) >= 11 is 0. The van der Waals surface area contributed by atoms with Crippen LogP contribution in [0.2, 0.25) is 0 Å². The molecule has 0 aliphatic carbocycles. The van der Waals surface area contributed by atoms with E-state index >= 15 is 0 Å². The van der Waals surface area contributed by atoms with Gasteiger partial charge in [-0.15, -0.1) is 5.06 Å². The van der Waals surface area contributed by atoms with Gasteiger partial charge in [0, 0.05) is 18.5 Å². The number of carbonyl (C=O) groups is 1. The second-order valence-electron chi connectivity index (χ2n) is 10.8. The highest BCUT2D eigenvalue weighted by atomic mass is 16.8. The van der Waals surface area contributed by atoms with Crippen molar-refractivity contribution in [1.82, 2.24) is 15.7 Å². The van der Waals surface area contributed by atoms with Crippen molar-refractivity contribution in [3.63, 3.8) is 0 Å². The van der Waals surface area contributed by atoms with Crippen LogP contribution in [0.1, 0.15) is 25.7 Å². The van der Waals surface area contributed by atoms with Gasteiger partial charge in [-0.25, -0.2) is 0 Å². The molecule has 0 saturated carbocycles. The largest absolute Gasteiger partial charge is 0.394 e. The highest BCUT2D eigenvalue weighted by molar-refractivity contribution is 5.81. The fourth-order valence-corrected chi connectivity index (χ4v) is 5.17. The molecule has 18 nitrogen and oxygen atoms in total. The van der Waals surface area contributed by atoms with Crippen LogP contribution in [0.25, 0.3) is 0 Å². The second kappa shape index (κ2) is 15.5. The molecule has 3 aliphatic rings. The molecule has 3 rings (SSSR count). The number of ether oxygens (including phenoxy) is 3. The molecule has 3 fully saturated rings. The van der Waals surface area contributed by atoms with Crippen LogP contribution in [0.4, 0.5) is 0 Å². The summed E-state index contributed by atoms with van der Waals surface area (Å²) in [7, 11) is 1.62. The maximum absolute atomic E-state index is 12.1. The Bertz CT molecular complexity index is 822. The first-order valence-electron chi connectivity index (χ1n) is 13.7. The van der Waals surface area contributed by atoms with Crippen LogP contribution in [0.3, 0.4) is 0 Å². The number of rotatable bonds is 10. The van der Waals surface area contributed by atoms with Crippen molar-refractivity contribution in [2.75, 3.05) is 26.9 Å². The Morgan fingerprint density at radius 2 is 1.68 bits per heavy atom. The summed E-state index contributed by atoms with van der Waals surface area (Å²) in [6, 6.07) is -4.10. The van der Waals surface area contributed by atoms with E-state index < -0.39 is 111 Å². The van der Waals surface area contributed by atoms with Crippen molar-refractivity contribution in [3.05, 3.63) is 0 Å². The Balaban J connectivity index is 1.74. The Hall–Kier alpha value is -1.17. The predicted octanol–water partition coefficient (Wildman–Crippen LogP) is -7.01. The van der Waals surface area contributed by atoms with Gasteiger partial charge in [0.05, 0.1) is 50.3 Å². The third kappa shape index (κ3) is 8.48. The minimum Gasteiger partial charge on any atom is -0.394 e. The van der Waals surface area contributed by atoms with E-state index in [9.17, 15) is 30.3 Å². The average Bonchev–Trinajstić information content (AvgIpc) is 2.94. The van der Waals surface area contributed by atoms with Crippen molar-refractivity contribution < 1.29 is 54.5 Å². The van der Waals surface area contributed by atoms with Crippen LogP contribution in [0, 0.1) is 0 Å². The number of amides is 1. The highest BCUT2D eigenvalue weighted by Gasteiger charge is 2.45. The summed E-state index contributed by atoms with van der Waals surface area (Å²) in [6.07, 6.45) is -9.57. The van der Waals surface area contributed by atoms with E-state index in [-0.39, 0.29) is 25.7 Å². The molecule has 0 spiro atoms. The molecule has 18 heteroatoms. The molecule has 0 aromatic heterocycles. The average molecular weight is 598 g/mol. The topological polar surface area (TPSA) is 307 Å². The van der Waals surface area contributed by atoms with Crippen LogP contribution in [-0.4, -0.2) is 154 Å². The quantitative estimate of drug-likeness (QED) is 0.111. The number of aliphatic hydroxyl groups excluding tert-OH is 6. The van der Waals surface area contributed by atoms with Crippen molar-refractivity contribution in [2.24, 2.45) is 22.9 Å². The van der Waals surface area contributed by atoms with E-state index in [2.05, 4.69) is 10.6 Å². The Labute approximate surface area is 237 Å². The van der Waals surface area contributed by atoms with Crippen molar-refractivity contribution in [3.8, 4) is 0 Å². The first kappa shape index (κ1) is 34.3. The molecule has 240 valence electrons. The number of hydrogen-bond donors (Lipinski definition) is 12. The van der Waals surface area contributed by atoms with Gasteiger partial charge < -0.3 is 78.4 Å². The molecule has 14 atom stereocenters. The fourth-order valence-electron chi connectivity index (χ4n) is 5.17. The normalized spacial score (nSPS) is 43.6. The number of piperidine rings is 1. The lowest BCUT2D eigenvalue weighted by Crippen LogP contribution is -2.66. The lowest BCUT2D eigenvalue weighted by molar-refractivity contribution is -0.340. The van der Waals surface area contributed by atoms with Gasteiger partial charge in [0.15, 0.2) is 18.8 Å². The first-order chi connectivity index (χ1) is 19.4. The molecular weight excluding hydrogens is 550 g/mol. The summed E-state index contributed by atoms with van der Waals surface area (Å²) in [5, 5.41) is 67.2. The van der Waals surface area contributed by atoms with Gasteiger partial charge in [0.2, 0.25) is 5.91 Å². The van der Waals surface area contributed by atoms with Gasteiger partial charge in [0.25, 0.3) is 0 Å². The fraction of sp³-hybridized carbons (Fsp3) is 0.957. The van der Waals surface area contributed by atoms with Gasteiger partial charge in [-0.05, 0) is 26.3 Å². The zero-order valence-electron chi connectivity index (χ0n) is 23.0. The molecule has 14 unspecified atom stereocenters. The van der Waals surface area contributed by atoms with Crippen LogP contribution in [0.15, 0.2) is 0 Å². The Morgan fingerprint density at radius 1 is 0.976 bits per heavy atom. The second-order valence-corrected chi connectivity index (χ2v) is 10.8. The van der Waals surface area contributed by atoms with Crippen molar-refractivity contribution >= 4 is 5.91 Å². The van der Waals surface area contributed by atoms with Gasteiger partial charge in [0.1, 0.15) is 24.4 Å². The molecule has 41 heavy (non-hydrogen) atoms. The molecule has 16 N–H and O–H groups in total. The number of carbonyl (C=O) groups excluding carboxylic acids is 1. The predicted molar refractivity (Wildman–Crippen MR) is 140 cm³/mol. The number of likely N-dealkylation sites (N-methyl/N-ethyl adjacent to an activating group) is 1. The monoisotopic (exact) mass is 597 g/mol. The maximum atomic E-state index is 12.1. The number of nitrogens with one attached hydrogen (secondary N) is 2. The first-order valence-corrected chi connectivity index (χ1v) is 13.7. The lowest BCUT2D eigenvalue weighted by atomic mass is 9.95. The summed E-state index contributed by atoms with van der Waals surface area (Å²) < 4.78 is 17.8. The highest BCUT2D eigenvalue weighted by Crippen LogP contribution is 2.29. The third-order valence-corrected chi connectivity index (χ3v) is 7.71. The molecule has 3 aliphatic heterocycles. The van der Waals surface area contributed by atoms with E-state index in [4.69, 9.17) is 47.1 Å². The SMILES string of the molecule is CNC1CC(ON2C(N)CC(N)C(O)C2O)C(N)CC(CO)OC1OC1OC(CO)C(NC(=O)C(N)CO)CC1O. The summed E-state index contributed by atoms with van der Waals surface area (Å²) in [6.45, 7) is -1.54. The van der Waals surface area contributed by atoms with Crippen LogP contribution < -0.4 is 33.6 Å². The molecule has 0 radical (unpaired) electrons. The lowest BCUT2D eigenvalue weighted by Gasteiger charge is -2.46. The number of nitrogens with zero attached hydrogens (tertiary/aromatic N) is 1. The van der Waals surface area contributed by atoms with Gasteiger partial charge in [-0.1, -0.05) is 0 Å². The number of aliphatic hydroxyl groups is 6. The maximum Gasteiger partial charge on any atom is 0.239 e. The standard InChI is InChI=1S/C23H47N7O11/c1-28-14-5-16(41-30-18(27)3-11(25)19(35)21(30)37)10(24)2-9(6-31)38-22(14)40-23-15(34)4-13(17(8-33)39-23)29-20(36)12(26)7-32/h9-19,21-23,28,31-35,37H,2-8,24-27H2,1H3,(H,29,36). The molecule has 0 aromatic rings. The van der Waals surface area contributed by atoms with Crippen LogP contribution >= 0.6 is 0 Å². The molecule has 3 heterocycles. The van der Waals surface area contributed by atoms with E-state index in [0.717, 1.165) is 5.06 Å². The Kier molecular flexibility index (Phi) is 13.0. The van der Waals surface area contributed by atoms with Gasteiger partial charge in [-0.2, -0.15) is 0 Å².